The molecule has 0 fully saturated rings. The van der Waals surface area contributed by atoms with Crippen LogP contribution >= 0.6 is 0 Å². The number of imidazole rings is 1. The minimum absolute atomic E-state index is 0.0637. The fourth-order valence-corrected chi connectivity index (χ4v) is 3.93. The Bertz CT molecular complexity index is 1280. The van der Waals surface area contributed by atoms with Gasteiger partial charge in [0.25, 0.3) is 0 Å². The van der Waals surface area contributed by atoms with Gasteiger partial charge in [-0.05, 0) is 61.9 Å². The van der Waals surface area contributed by atoms with E-state index < -0.39 is 0 Å². The van der Waals surface area contributed by atoms with Crippen molar-refractivity contribution in [2.24, 2.45) is 7.05 Å². The zero-order valence-electron chi connectivity index (χ0n) is 21.3. The number of hydrogen-bond donors (Lipinski definition) is 2. The van der Waals surface area contributed by atoms with Crippen molar-refractivity contribution in [2.45, 2.75) is 66.0 Å². The van der Waals surface area contributed by atoms with Gasteiger partial charge < -0.3 is 15.2 Å². The van der Waals surface area contributed by atoms with Crippen molar-refractivity contribution in [2.75, 3.05) is 11.9 Å². The molecule has 0 spiro atoms. The van der Waals surface area contributed by atoms with E-state index in [1.165, 1.54) is 16.7 Å². The van der Waals surface area contributed by atoms with Gasteiger partial charge in [0.2, 0.25) is 0 Å². The summed E-state index contributed by atoms with van der Waals surface area (Å²) in [5.41, 5.74) is 6.41. The average Bonchev–Trinajstić information content (AvgIpc) is 3.38. The van der Waals surface area contributed by atoms with E-state index in [2.05, 4.69) is 85.0 Å². The summed E-state index contributed by atoms with van der Waals surface area (Å²) in [6.07, 6.45) is 6.70. The summed E-state index contributed by atoms with van der Waals surface area (Å²) in [4.78, 5) is 14.3. The molecule has 4 rings (SSSR count). The number of hydrogen-bond acceptors (Lipinski definition) is 6. The first-order chi connectivity index (χ1) is 16.1. The summed E-state index contributed by atoms with van der Waals surface area (Å²) >= 11 is 0. The number of rotatable bonds is 8. The number of anilines is 2. The van der Waals surface area contributed by atoms with Crippen LogP contribution in [0, 0.1) is 6.92 Å². The van der Waals surface area contributed by atoms with Crippen LogP contribution < -0.4 is 10.6 Å². The molecule has 0 unspecified atom stereocenters. The lowest BCUT2D eigenvalue weighted by Gasteiger charge is -2.21. The lowest BCUT2D eigenvalue weighted by Crippen LogP contribution is -2.19. The Morgan fingerprint density at radius 3 is 2.59 bits per heavy atom. The van der Waals surface area contributed by atoms with Crippen LogP contribution in [0.2, 0.25) is 0 Å². The zero-order valence-corrected chi connectivity index (χ0v) is 21.3. The molecule has 8 nitrogen and oxygen atoms in total. The van der Waals surface area contributed by atoms with Gasteiger partial charge in [0.05, 0.1) is 19.1 Å². The molecule has 0 amide bonds. The second-order valence-corrected chi connectivity index (χ2v) is 10.3. The van der Waals surface area contributed by atoms with E-state index in [9.17, 15) is 0 Å². The molecule has 0 atom stereocenters. The highest BCUT2D eigenvalue weighted by Crippen LogP contribution is 2.31. The smallest absolute Gasteiger partial charge is 0.183 e. The van der Waals surface area contributed by atoms with Gasteiger partial charge in [0.15, 0.2) is 11.5 Å². The van der Waals surface area contributed by atoms with Crippen molar-refractivity contribution in [3.63, 3.8) is 0 Å². The number of fused-ring (bicyclic) bond motifs is 1. The minimum Gasteiger partial charge on any atom is -0.338 e. The maximum Gasteiger partial charge on any atom is 0.183 e. The first kappa shape index (κ1) is 23.9. The van der Waals surface area contributed by atoms with E-state index in [0.717, 1.165) is 35.8 Å². The van der Waals surface area contributed by atoms with Gasteiger partial charge in [-0.25, -0.2) is 15.0 Å². The SMILES string of the molecule is Cc1ccc(C(C)(C)C)cc1Nc1nc(CNCCc2cnn(C)c2)nc2ncn(C(C)C)c12. The Balaban J connectivity index is 1.62. The van der Waals surface area contributed by atoms with Crippen LogP contribution in [0.4, 0.5) is 11.5 Å². The fourth-order valence-electron chi connectivity index (χ4n) is 3.93. The Morgan fingerprint density at radius 2 is 1.91 bits per heavy atom. The number of nitrogens with zero attached hydrogens (tertiary/aromatic N) is 6. The van der Waals surface area contributed by atoms with Crippen LogP contribution in [-0.4, -0.2) is 35.8 Å². The largest absolute Gasteiger partial charge is 0.338 e. The van der Waals surface area contributed by atoms with Gasteiger partial charge in [-0.1, -0.05) is 32.9 Å². The van der Waals surface area contributed by atoms with Crippen LogP contribution in [0.5, 0.6) is 0 Å². The van der Waals surface area contributed by atoms with E-state index in [4.69, 9.17) is 9.97 Å². The van der Waals surface area contributed by atoms with E-state index >= 15 is 0 Å². The average molecular weight is 461 g/mol. The minimum atomic E-state index is 0.0637. The highest BCUT2D eigenvalue weighted by molar-refractivity contribution is 5.86. The van der Waals surface area contributed by atoms with E-state index in [0.29, 0.717) is 12.2 Å². The molecule has 0 saturated carbocycles. The van der Waals surface area contributed by atoms with Crippen molar-refractivity contribution in [3.05, 3.63) is 59.4 Å². The molecule has 4 aromatic rings. The molecule has 0 radical (unpaired) electrons. The van der Waals surface area contributed by atoms with Crippen LogP contribution in [0.3, 0.4) is 0 Å². The van der Waals surface area contributed by atoms with Crippen LogP contribution in [0.1, 0.15) is 63.2 Å². The third-order valence-corrected chi connectivity index (χ3v) is 6.02. The Kier molecular flexibility index (Phi) is 6.70. The van der Waals surface area contributed by atoms with Crippen molar-refractivity contribution in [1.82, 2.24) is 34.6 Å². The van der Waals surface area contributed by atoms with Gasteiger partial charge in [-0.2, -0.15) is 5.10 Å². The van der Waals surface area contributed by atoms with Gasteiger partial charge >= 0.3 is 0 Å². The van der Waals surface area contributed by atoms with E-state index in [-0.39, 0.29) is 11.5 Å². The lowest BCUT2D eigenvalue weighted by atomic mass is 9.86. The third-order valence-electron chi connectivity index (χ3n) is 6.02. The third kappa shape index (κ3) is 5.28. The number of aryl methyl sites for hydroxylation is 2. The molecule has 0 saturated heterocycles. The Morgan fingerprint density at radius 1 is 1.12 bits per heavy atom. The van der Waals surface area contributed by atoms with E-state index in [1.54, 1.807) is 0 Å². The predicted octanol–water partition coefficient (Wildman–Crippen LogP) is 4.82. The summed E-state index contributed by atoms with van der Waals surface area (Å²) in [6, 6.07) is 6.85. The highest BCUT2D eigenvalue weighted by atomic mass is 15.2. The molecule has 8 heteroatoms. The molecule has 0 bridgehead atoms. The van der Waals surface area contributed by atoms with Crippen LogP contribution in [0.15, 0.2) is 36.9 Å². The molecule has 3 heterocycles. The van der Waals surface area contributed by atoms with Gasteiger partial charge in [0.1, 0.15) is 11.3 Å². The maximum absolute atomic E-state index is 4.93. The van der Waals surface area contributed by atoms with E-state index in [1.807, 2.05) is 30.5 Å². The molecule has 180 valence electrons. The highest BCUT2D eigenvalue weighted by Gasteiger charge is 2.18. The van der Waals surface area contributed by atoms with Crippen molar-refractivity contribution in [1.29, 1.82) is 0 Å². The second-order valence-electron chi connectivity index (χ2n) is 10.3. The standard InChI is InChI=1S/C26H36N8/c1-17(2)34-16-28-24-23(34)25(30-21-12-20(26(4,5)6)9-8-18(21)3)32-22(31-24)14-27-11-10-19-13-29-33(7)15-19/h8-9,12-13,15-17,27H,10-11,14H2,1-7H3,(H,30,31,32). The summed E-state index contributed by atoms with van der Waals surface area (Å²) in [6.45, 7) is 14.5. The number of benzene rings is 1. The summed E-state index contributed by atoms with van der Waals surface area (Å²) in [5, 5.41) is 11.3. The topological polar surface area (TPSA) is 85.5 Å². The molecule has 2 N–H and O–H groups in total. The Hall–Kier alpha value is -3.26. The molecule has 3 aromatic heterocycles. The molecule has 0 aliphatic heterocycles. The molecule has 0 aliphatic rings. The monoisotopic (exact) mass is 460 g/mol. The molecule has 34 heavy (non-hydrogen) atoms. The summed E-state index contributed by atoms with van der Waals surface area (Å²) in [7, 11) is 1.93. The molecule has 1 aromatic carbocycles. The maximum atomic E-state index is 4.93. The van der Waals surface area contributed by atoms with Crippen LogP contribution in [0.25, 0.3) is 11.2 Å². The van der Waals surface area contributed by atoms with Gasteiger partial charge in [-0.15, -0.1) is 0 Å². The Labute approximate surface area is 201 Å². The van der Waals surface area contributed by atoms with Gasteiger partial charge in [0, 0.05) is 25.0 Å². The van der Waals surface area contributed by atoms with Crippen molar-refractivity contribution >= 4 is 22.7 Å². The fraction of sp³-hybridized carbons (Fsp3) is 0.462. The first-order valence-corrected chi connectivity index (χ1v) is 11.9. The predicted molar refractivity (Wildman–Crippen MR) is 137 cm³/mol. The normalized spacial score (nSPS) is 12.1. The first-order valence-electron chi connectivity index (χ1n) is 11.9. The summed E-state index contributed by atoms with van der Waals surface area (Å²) < 4.78 is 3.95. The zero-order chi connectivity index (χ0) is 24.5. The molecular weight excluding hydrogens is 424 g/mol. The van der Waals surface area contributed by atoms with Gasteiger partial charge in [-0.3, -0.25) is 4.68 Å². The van der Waals surface area contributed by atoms with Crippen LogP contribution in [-0.2, 0) is 25.4 Å². The quantitative estimate of drug-likeness (QED) is 0.367. The van der Waals surface area contributed by atoms with Crippen molar-refractivity contribution < 1.29 is 0 Å². The summed E-state index contributed by atoms with van der Waals surface area (Å²) in [5.74, 6) is 1.51. The van der Waals surface area contributed by atoms with Crippen molar-refractivity contribution in [3.8, 4) is 0 Å². The molecular formula is C26H36N8. The second kappa shape index (κ2) is 9.54. The number of nitrogens with one attached hydrogen (secondary N) is 2. The number of aromatic nitrogens is 6. The molecule has 0 aliphatic carbocycles. The lowest BCUT2D eigenvalue weighted by molar-refractivity contribution is 0.590.